The fourth-order valence-corrected chi connectivity index (χ4v) is 2.46. The Morgan fingerprint density at radius 2 is 2.37 bits per heavy atom. The van der Waals surface area contributed by atoms with Crippen LogP contribution in [0.15, 0.2) is 5.16 Å². The molecule has 1 aliphatic heterocycles. The average molecular weight is 296 g/mol. The van der Waals surface area contributed by atoms with Crippen LogP contribution in [0.5, 0.6) is 0 Å². The minimum atomic E-state index is -4.04. The van der Waals surface area contributed by atoms with Gasteiger partial charge in [0.1, 0.15) is 6.10 Å². The second kappa shape index (κ2) is 6.54. The molecule has 10 nitrogen and oxygen atoms in total. The van der Waals surface area contributed by atoms with Crippen molar-refractivity contribution in [2.45, 2.75) is 13.0 Å². The maximum absolute atomic E-state index is 11.8. The SMILES string of the molecule is CCOC(=O)NS(=O)(=O)N1CCOC(C(N)=NO)C1. The molecule has 1 heterocycles. The summed E-state index contributed by atoms with van der Waals surface area (Å²) >= 11 is 0. The summed E-state index contributed by atoms with van der Waals surface area (Å²) in [4.78, 5) is 11.1. The summed E-state index contributed by atoms with van der Waals surface area (Å²) in [5.74, 6) is -0.240. The van der Waals surface area contributed by atoms with Gasteiger partial charge in [0.25, 0.3) is 0 Å². The molecule has 1 amide bonds. The Labute approximate surface area is 110 Å². The van der Waals surface area contributed by atoms with E-state index in [0.29, 0.717) is 0 Å². The molecule has 1 fully saturated rings. The van der Waals surface area contributed by atoms with Crippen molar-refractivity contribution >= 4 is 22.1 Å². The lowest BCUT2D eigenvalue weighted by Gasteiger charge is -2.30. The summed E-state index contributed by atoms with van der Waals surface area (Å²) in [7, 11) is -4.04. The number of nitrogens with one attached hydrogen (secondary N) is 1. The molecule has 1 rings (SSSR count). The lowest BCUT2D eigenvalue weighted by molar-refractivity contribution is 0.0350. The lowest BCUT2D eigenvalue weighted by atomic mass is 10.3. The number of nitrogens with zero attached hydrogens (tertiary/aromatic N) is 2. The van der Waals surface area contributed by atoms with Gasteiger partial charge in [0, 0.05) is 13.1 Å². The molecule has 11 heteroatoms. The molecule has 0 aromatic carbocycles. The summed E-state index contributed by atoms with van der Waals surface area (Å²) in [6.07, 6.45) is -1.92. The van der Waals surface area contributed by atoms with Gasteiger partial charge in [-0.05, 0) is 6.92 Å². The summed E-state index contributed by atoms with van der Waals surface area (Å²) in [5, 5.41) is 11.3. The van der Waals surface area contributed by atoms with Crippen molar-refractivity contribution in [2.24, 2.45) is 10.9 Å². The molecule has 0 aromatic rings. The maximum atomic E-state index is 11.8. The third kappa shape index (κ3) is 4.22. The second-order valence-corrected chi connectivity index (χ2v) is 5.24. The van der Waals surface area contributed by atoms with Crippen LogP contribution in [0, 0.1) is 0 Å². The standard InChI is InChI=1S/C8H16N4O6S/c1-2-17-8(13)11-19(15,16)12-3-4-18-6(5-12)7(9)10-14/h6,14H,2-5H2,1H3,(H2,9,10)(H,11,13). The highest BCUT2D eigenvalue weighted by atomic mass is 32.2. The fraction of sp³-hybridized carbons (Fsp3) is 0.750. The summed E-state index contributed by atoms with van der Waals surface area (Å²) in [6, 6.07) is 0. The van der Waals surface area contributed by atoms with Crippen LogP contribution in [0.4, 0.5) is 4.79 Å². The van der Waals surface area contributed by atoms with E-state index < -0.39 is 22.4 Å². The fourth-order valence-electron chi connectivity index (χ4n) is 1.42. The highest BCUT2D eigenvalue weighted by Gasteiger charge is 2.32. The zero-order chi connectivity index (χ0) is 14.5. The molecule has 0 spiro atoms. The van der Waals surface area contributed by atoms with Crippen molar-refractivity contribution in [3.05, 3.63) is 0 Å². The molecular weight excluding hydrogens is 280 g/mol. The first-order valence-corrected chi connectivity index (χ1v) is 6.88. The molecule has 0 saturated carbocycles. The minimum absolute atomic E-state index is 0.0456. The first-order valence-electron chi connectivity index (χ1n) is 5.44. The zero-order valence-electron chi connectivity index (χ0n) is 10.3. The van der Waals surface area contributed by atoms with Gasteiger partial charge >= 0.3 is 16.3 Å². The zero-order valence-corrected chi connectivity index (χ0v) is 11.1. The number of amides is 1. The van der Waals surface area contributed by atoms with E-state index >= 15 is 0 Å². The smallest absolute Gasteiger partial charge is 0.421 e. The highest BCUT2D eigenvalue weighted by molar-refractivity contribution is 7.87. The topological polar surface area (TPSA) is 144 Å². The predicted octanol–water partition coefficient (Wildman–Crippen LogP) is -1.58. The van der Waals surface area contributed by atoms with E-state index in [-0.39, 0.29) is 32.1 Å². The quantitative estimate of drug-likeness (QED) is 0.246. The van der Waals surface area contributed by atoms with Crippen LogP contribution in [0.1, 0.15) is 6.92 Å². The summed E-state index contributed by atoms with van der Waals surface area (Å²) in [6.45, 7) is 1.55. The number of carbonyl (C=O) groups is 1. The molecule has 19 heavy (non-hydrogen) atoms. The Morgan fingerprint density at radius 3 is 2.95 bits per heavy atom. The molecule has 0 radical (unpaired) electrons. The average Bonchev–Trinajstić information content (AvgIpc) is 2.37. The number of carbonyl (C=O) groups excluding carboxylic acids is 1. The molecule has 1 saturated heterocycles. The molecule has 1 aliphatic rings. The molecule has 4 N–H and O–H groups in total. The van der Waals surface area contributed by atoms with E-state index in [9.17, 15) is 13.2 Å². The molecule has 0 aromatic heterocycles. The summed E-state index contributed by atoms with van der Waals surface area (Å²) in [5.41, 5.74) is 5.34. The van der Waals surface area contributed by atoms with Crippen molar-refractivity contribution in [3.63, 3.8) is 0 Å². The number of hydrogen-bond donors (Lipinski definition) is 3. The van der Waals surface area contributed by atoms with Crippen molar-refractivity contribution in [1.82, 2.24) is 9.03 Å². The molecule has 1 atom stereocenters. The highest BCUT2D eigenvalue weighted by Crippen LogP contribution is 2.09. The van der Waals surface area contributed by atoms with E-state index in [1.165, 1.54) is 0 Å². The Morgan fingerprint density at radius 1 is 1.68 bits per heavy atom. The molecule has 0 aliphatic carbocycles. The van der Waals surface area contributed by atoms with Crippen molar-refractivity contribution < 1.29 is 27.9 Å². The predicted molar refractivity (Wildman–Crippen MR) is 63.8 cm³/mol. The molecule has 1 unspecified atom stereocenters. The van der Waals surface area contributed by atoms with Gasteiger partial charge in [-0.3, -0.25) is 0 Å². The van der Waals surface area contributed by atoms with Gasteiger partial charge < -0.3 is 20.4 Å². The van der Waals surface area contributed by atoms with Gasteiger partial charge in [0.05, 0.1) is 13.2 Å². The molecule has 0 bridgehead atoms. The number of morpholine rings is 1. The van der Waals surface area contributed by atoms with Crippen LogP contribution < -0.4 is 10.5 Å². The number of ether oxygens (including phenoxy) is 2. The first kappa shape index (κ1) is 15.5. The lowest BCUT2D eigenvalue weighted by Crippen LogP contribution is -2.54. The summed E-state index contributed by atoms with van der Waals surface area (Å²) < 4.78 is 36.0. The van der Waals surface area contributed by atoms with Gasteiger partial charge in [0.15, 0.2) is 5.84 Å². The normalized spacial score (nSPS) is 21.9. The van der Waals surface area contributed by atoms with Gasteiger partial charge in [-0.1, -0.05) is 5.16 Å². The number of amidine groups is 1. The molecule has 110 valence electrons. The van der Waals surface area contributed by atoms with Gasteiger partial charge in [-0.2, -0.15) is 12.7 Å². The third-order valence-electron chi connectivity index (χ3n) is 2.30. The minimum Gasteiger partial charge on any atom is -0.449 e. The van der Waals surface area contributed by atoms with Crippen LogP contribution >= 0.6 is 0 Å². The van der Waals surface area contributed by atoms with Gasteiger partial charge in [-0.25, -0.2) is 9.52 Å². The van der Waals surface area contributed by atoms with Crippen LogP contribution in [-0.4, -0.2) is 62.3 Å². The maximum Gasteiger partial charge on any atom is 0.421 e. The second-order valence-electron chi connectivity index (χ2n) is 3.57. The Kier molecular flexibility index (Phi) is 5.32. The number of hydrogen-bond acceptors (Lipinski definition) is 7. The van der Waals surface area contributed by atoms with Crippen LogP contribution in [0.3, 0.4) is 0 Å². The van der Waals surface area contributed by atoms with Crippen LogP contribution in [0.2, 0.25) is 0 Å². The molecular formula is C8H16N4O6S. The Balaban J connectivity index is 2.70. The number of rotatable bonds is 4. The first-order chi connectivity index (χ1) is 8.90. The van der Waals surface area contributed by atoms with Gasteiger partial charge in [-0.15, -0.1) is 0 Å². The van der Waals surface area contributed by atoms with Crippen molar-refractivity contribution in [2.75, 3.05) is 26.3 Å². The van der Waals surface area contributed by atoms with E-state index in [2.05, 4.69) is 9.89 Å². The number of nitrogens with two attached hydrogens (primary N) is 1. The monoisotopic (exact) mass is 296 g/mol. The number of oxime groups is 1. The van der Waals surface area contributed by atoms with Crippen molar-refractivity contribution in [1.29, 1.82) is 0 Å². The van der Waals surface area contributed by atoms with E-state index in [4.69, 9.17) is 15.7 Å². The Hall–Kier alpha value is -1.59. The third-order valence-corrected chi connectivity index (χ3v) is 3.74. The van der Waals surface area contributed by atoms with E-state index in [0.717, 1.165) is 4.31 Å². The van der Waals surface area contributed by atoms with Crippen molar-refractivity contribution in [3.8, 4) is 0 Å². The Bertz CT molecular complexity index is 450. The van der Waals surface area contributed by atoms with Crippen LogP contribution in [0.25, 0.3) is 0 Å². The largest absolute Gasteiger partial charge is 0.449 e. The van der Waals surface area contributed by atoms with E-state index in [1.807, 2.05) is 0 Å². The van der Waals surface area contributed by atoms with Crippen LogP contribution in [-0.2, 0) is 19.7 Å². The van der Waals surface area contributed by atoms with E-state index in [1.54, 1.807) is 11.6 Å². The van der Waals surface area contributed by atoms with Gasteiger partial charge in [0.2, 0.25) is 0 Å².